The van der Waals surface area contributed by atoms with Gasteiger partial charge in [-0.05, 0) is 110 Å². The van der Waals surface area contributed by atoms with Crippen LogP contribution in [0.15, 0.2) is 24.3 Å². The van der Waals surface area contributed by atoms with Gasteiger partial charge in [0.1, 0.15) is 5.82 Å². The first-order chi connectivity index (χ1) is 16.7. The maximum absolute atomic E-state index is 11.8. The zero-order valence-corrected chi connectivity index (χ0v) is 21.7. The van der Waals surface area contributed by atoms with E-state index < -0.39 is 0 Å². The van der Waals surface area contributed by atoms with E-state index in [1.54, 1.807) is 0 Å². The van der Waals surface area contributed by atoms with E-state index >= 15 is 0 Å². The molecule has 6 rings (SSSR count). The van der Waals surface area contributed by atoms with E-state index in [0.29, 0.717) is 29.6 Å². The number of imidazole rings is 1. The van der Waals surface area contributed by atoms with E-state index in [1.165, 1.54) is 0 Å². The molecule has 192 valence electrons. The zero-order valence-electron chi connectivity index (χ0n) is 21.7. The van der Waals surface area contributed by atoms with Crippen LogP contribution in [0.2, 0.25) is 0 Å². The number of rotatable bonds is 4. The van der Waals surface area contributed by atoms with Crippen LogP contribution in [0.3, 0.4) is 0 Å². The average Bonchev–Trinajstić information content (AvgIpc) is 3.41. The fourth-order valence-corrected chi connectivity index (χ4v) is 9.82. The Morgan fingerprint density at radius 2 is 1.83 bits per heavy atom. The van der Waals surface area contributed by atoms with Crippen LogP contribution < -0.4 is 0 Å². The Hall–Kier alpha value is -1.43. The molecule has 1 aromatic heterocycles. The predicted molar refractivity (Wildman–Crippen MR) is 138 cm³/mol. The van der Waals surface area contributed by atoms with Crippen molar-refractivity contribution in [3.63, 3.8) is 0 Å². The van der Waals surface area contributed by atoms with Crippen molar-refractivity contribution in [2.24, 2.45) is 46.3 Å². The topological polar surface area (TPSA) is 89.4 Å². The van der Waals surface area contributed by atoms with Gasteiger partial charge in [-0.25, -0.2) is 4.98 Å². The van der Waals surface area contributed by atoms with Gasteiger partial charge in [-0.2, -0.15) is 0 Å². The zero-order chi connectivity index (χ0) is 24.5. The quantitative estimate of drug-likeness (QED) is 0.491. The Balaban J connectivity index is 1.21. The lowest BCUT2D eigenvalue weighted by atomic mass is 9.43. The smallest absolute Gasteiger partial charge is 0.107 e. The van der Waals surface area contributed by atoms with Gasteiger partial charge in [0.05, 0.1) is 29.3 Å². The first-order valence-corrected chi connectivity index (χ1v) is 14.2. The molecule has 4 fully saturated rings. The molecule has 4 N–H and O–H groups in total. The lowest BCUT2D eigenvalue weighted by Crippen LogP contribution is -2.62. The molecule has 2 aromatic rings. The highest BCUT2D eigenvalue weighted by molar-refractivity contribution is 5.74. The number of aryl methyl sites for hydroxylation is 1. The van der Waals surface area contributed by atoms with Crippen molar-refractivity contribution in [3.05, 3.63) is 30.1 Å². The van der Waals surface area contributed by atoms with Crippen molar-refractivity contribution in [3.8, 4) is 0 Å². The SMILES string of the molecule is C[C@H](CCc1nc2ccccc2[nH]1)[C@H]1CC[C@H]2[C@@H]3[C@H](O)CC4C[C@H](O)CC[C@]4(C)[C@H]3C[C@H](O)[C@]12C. The lowest BCUT2D eigenvalue weighted by Gasteiger charge is -2.63. The highest BCUT2D eigenvalue weighted by atomic mass is 16.3. The summed E-state index contributed by atoms with van der Waals surface area (Å²) >= 11 is 0. The summed E-state index contributed by atoms with van der Waals surface area (Å²) in [5, 5.41) is 33.6. The number of aliphatic hydroxyl groups excluding tert-OH is 3. The van der Waals surface area contributed by atoms with Gasteiger partial charge < -0.3 is 20.3 Å². The molecule has 4 aliphatic carbocycles. The maximum atomic E-state index is 11.8. The molecule has 1 heterocycles. The largest absolute Gasteiger partial charge is 0.393 e. The first kappa shape index (κ1) is 23.9. The highest BCUT2D eigenvalue weighted by Gasteiger charge is 2.65. The van der Waals surface area contributed by atoms with E-state index in [2.05, 4.69) is 37.9 Å². The molecule has 5 heteroatoms. The molecule has 35 heavy (non-hydrogen) atoms. The van der Waals surface area contributed by atoms with Crippen LogP contribution in [0.4, 0.5) is 0 Å². The van der Waals surface area contributed by atoms with E-state index in [0.717, 1.165) is 74.6 Å². The lowest BCUT2D eigenvalue weighted by molar-refractivity contribution is -0.207. The number of benzene rings is 1. The number of nitrogens with zero attached hydrogens (tertiary/aromatic N) is 1. The van der Waals surface area contributed by atoms with Crippen molar-refractivity contribution in [2.45, 2.75) is 96.9 Å². The van der Waals surface area contributed by atoms with Gasteiger partial charge >= 0.3 is 0 Å². The minimum Gasteiger partial charge on any atom is -0.393 e. The van der Waals surface area contributed by atoms with Gasteiger partial charge in [0.25, 0.3) is 0 Å². The molecule has 0 radical (unpaired) electrons. The molecule has 11 atom stereocenters. The Morgan fingerprint density at radius 1 is 1.03 bits per heavy atom. The Kier molecular flexibility index (Phi) is 5.86. The predicted octanol–water partition coefficient (Wildman–Crippen LogP) is 5.09. The van der Waals surface area contributed by atoms with Gasteiger partial charge in [0.2, 0.25) is 0 Å². The van der Waals surface area contributed by atoms with Crippen LogP contribution >= 0.6 is 0 Å². The molecule has 4 aliphatic rings. The van der Waals surface area contributed by atoms with Gasteiger partial charge in [-0.3, -0.25) is 0 Å². The molecule has 0 bridgehead atoms. The third-order valence-corrected chi connectivity index (χ3v) is 11.8. The van der Waals surface area contributed by atoms with Gasteiger partial charge in [-0.15, -0.1) is 0 Å². The molecule has 0 amide bonds. The van der Waals surface area contributed by atoms with Crippen LogP contribution in [0, 0.1) is 46.3 Å². The molecule has 5 nitrogen and oxygen atoms in total. The average molecular weight is 481 g/mol. The summed E-state index contributed by atoms with van der Waals surface area (Å²) in [5.41, 5.74) is 2.14. The second-order valence-corrected chi connectivity index (χ2v) is 13.2. The standard InChI is InChI=1S/C30H44N2O3/c1-17(8-11-27-31-23-6-4-5-7-24(23)32-27)20-9-10-21-28-22(16-26(35)30(20,21)3)29(2)13-12-19(33)14-18(29)15-25(28)34/h4-7,17-22,25-26,28,33-35H,8-16H2,1-3H3,(H,31,32)/t17-,18?,19-,20-,21+,22+,25-,26+,28+,29+,30-/m1/s1. The Bertz CT molecular complexity index is 1040. The van der Waals surface area contributed by atoms with Gasteiger partial charge in [0.15, 0.2) is 0 Å². The fraction of sp³-hybridized carbons (Fsp3) is 0.767. The highest BCUT2D eigenvalue weighted by Crippen LogP contribution is 2.68. The number of nitrogens with one attached hydrogen (secondary N) is 1. The minimum absolute atomic E-state index is 0.132. The summed E-state index contributed by atoms with van der Waals surface area (Å²) < 4.78 is 0. The van der Waals surface area contributed by atoms with Crippen molar-refractivity contribution in [1.29, 1.82) is 0 Å². The van der Waals surface area contributed by atoms with Crippen LogP contribution in [0.5, 0.6) is 0 Å². The van der Waals surface area contributed by atoms with Crippen LogP contribution in [0.1, 0.15) is 78.0 Å². The van der Waals surface area contributed by atoms with Crippen LogP contribution in [0.25, 0.3) is 11.0 Å². The summed E-state index contributed by atoms with van der Waals surface area (Å²) in [5.74, 6) is 3.43. The molecule has 0 spiro atoms. The number of aromatic nitrogens is 2. The summed E-state index contributed by atoms with van der Waals surface area (Å²) in [7, 11) is 0. The van der Waals surface area contributed by atoms with E-state index in [9.17, 15) is 15.3 Å². The number of aliphatic hydroxyl groups is 3. The van der Waals surface area contributed by atoms with Crippen molar-refractivity contribution < 1.29 is 15.3 Å². The minimum atomic E-state index is -0.315. The number of aromatic amines is 1. The molecular weight excluding hydrogens is 436 g/mol. The third-order valence-electron chi connectivity index (χ3n) is 11.8. The summed E-state index contributed by atoms with van der Waals surface area (Å²) in [4.78, 5) is 8.27. The number of para-hydroxylation sites is 2. The van der Waals surface area contributed by atoms with Crippen molar-refractivity contribution in [1.82, 2.24) is 9.97 Å². The normalized spacial score (nSPS) is 46.1. The summed E-state index contributed by atoms with van der Waals surface area (Å²) in [6, 6.07) is 8.22. The van der Waals surface area contributed by atoms with Crippen molar-refractivity contribution in [2.75, 3.05) is 0 Å². The van der Waals surface area contributed by atoms with E-state index in [1.807, 2.05) is 12.1 Å². The number of hydrogen-bond donors (Lipinski definition) is 4. The molecular formula is C30H44N2O3. The summed E-state index contributed by atoms with van der Waals surface area (Å²) in [6.07, 6.45) is 7.77. The number of H-pyrrole nitrogens is 1. The van der Waals surface area contributed by atoms with Gasteiger partial charge in [-0.1, -0.05) is 32.9 Å². The monoisotopic (exact) mass is 480 g/mol. The second kappa shape index (κ2) is 8.56. The second-order valence-electron chi connectivity index (χ2n) is 13.2. The Labute approximate surface area is 209 Å². The summed E-state index contributed by atoms with van der Waals surface area (Å²) in [6.45, 7) is 7.13. The molecule has 0 aliphatic heterocycles. The third kappa shape index (κ3) is 3.63. The van der Waals surface area contributed by atoms with Crippen LogP contribution in [-0.4, -0.2) is 43.6 Å². The van der Waals surface area contributed by atoms with Crippen LogP contribution in [-0.2, 0) is 6.42 Å². The van der Waals surface area contributed by atoms with E-state index in [-0.39, 0.29) is 35.1 Å². The van der Waals surface area contributed by atoms with E-state index in [4.69, 9.17) is 4.98 Å². The molecule has 1 aromatic carbocycles. The van der Waals surface area contributed by atoms with Gasteiger partial charge in [0, 0.05) is 6.42 Å². The number of hydrogen-bond acceptors (Lipinski definition) is 4. The first-order valence-electron chi connectivity index (χ1n) is 14.2. The molecule has 4 saturated carbocycles. The number of fused-ring (bicyclic) bond motifs is 6. The maximum Gasteiger partial charge on any atom is 0.107 e. The fourth-order valence-electron chi connectivity index (χ4n) is 9.82. The molecule has 0 saturated heterocycles. The Morgan fingerprint density at radius 3 is 2.63 bits per heavy atom. The van der Waals surface area contributed by atoms with Crippen molar-refractivity contribution >= 4 is 11.0 Å². The molecule has 1 unspecified atom stereocenters.